The van der Waals surface area contributed by atoms with Gasteiger partial charge in [-0.1, -0.05) is 10.3 Å². The third-order valence-electron chi connectivity index (χ3n) is 3.31. The average Bonchev–Trinajstić information content (AvgIpc) is 3.17. The van der Waals surface area contributed by atoms with Gasteiger partial charge in [0.25, 0.3) is 0 Å². The molecule has 25 heavy (non-hydrogen) atoms. The lowest BCUT2D eigenvalue weighted by atomic mass is 10.2. The fourth-order valence-corrected chi connectivity index (χ4v) is 2.86. The molecule has 3 heterocycles. The Hall–Kier alpha value is -3.53. The van der Waals surface area contributed by atoms with Gasteiger partial charge in [0.1, 0.15) is 5.01 Å². The van der Waals surface area contributed by atoms with Gasteiger partial charge in [0, 0.05) is 29.7 Å². The van der Waals surface area contributed by atoms with Crippen LogP contribution in [0.1, 0.15) is 11.1 Å². The summed E-state index contributed by atoms with van der Waals surface area (Å²) in [4.78, 5) is 13.8. The van der Waals surface area contributed by atoms with Crippen LogP contribution in [0.25, 0.3) is 21.3 Å². The Morgan fingerprint density at radius 3 is 1.84 bits per heavy atom. The van der Waals surface area contributed by atoms with Crippen LogP contribution < -0.4 is 11.5 Å². The van der Waals surface area contributed by atoms with E-state index in [1.165, 1.54) is 23.7 Å². The molecule has 0 aliphatic heterocycles. The first-order chi connectivity index (χ1) is 12.1. The molecule has 0 aliphatic rings. The van der Waals surface area contributed by atoms with E-state index in [1.807, 2.05) is 0 Å². The number of thiazole rings is 1. The molecule has 0 aliphatic carbocycles. The molecule has 0 unspecified atom stereocenters. The lowest BCUT2D eigenvalue weighted by Crippen LogP contribution is -2.13. The molecule has 0 bridgehead atoms. The van der Waals surface area contributed by atoms with E-state index >= 15 is 0 Å². The normalized spacial score (nSPS) is 12.3. The number of pyridine rings is 2. The van der Waals surface area contributed by atoms with E-state index in [9.17, 15) is 0 Å². The summed E-state index contributed by atoms with van der Waals surface area (Å²) in [7, 11) is 0. The molecular formula is C15H13N7O2S. The Morgan fingerprint density at radius 1 is 0.800 bits per heavy atom. The topological polar surface area (TPSA) is 156 Å². The quantitative estimate of drug-likeness (QED) is 0.239. The number of aromatic nitrogens is 3. The largest absolute Gasteiger partial charge is 0.409 e. The summed E-state index contributed by atoms with van der Waals surface area (Å²) in [6, 6.07) is 6.91. The van der Waals surface area contributed by atoms with Crippen molar-refractivity contribution in [2.45, 2.75) is 0 Å². The summed E-state index contributed by atoms with van der Waals surface area (Å²) in [5.74, 6) is -0.00659. The molecule has 9 nitrogen and oxygen atoms in total. The van der Waals surface area contributed by atoms with Crippen molar-refractivity contribution in [1.82, 2.24) is 15.0 Å². The van der Waals surface area contributed by atoms with Gasteiger partial charge in [0.2, 0.25) is 0 Å². The predicted octanol–water partition coefficient (Wildman–Crippen LogP) is 1.46. The maximum atomic E-state index is 8.66. The Balaban J connectivity index is 1.85. The number of hydrogen-bond donors (Lipinski definition) is 4. The summed E-state index contributed by atoms with van der Waals surface area (Å²) >= 11 is 1.42. The standard InChI is InChI=1S/C15H13N7O2S/c16-13(21-23)8-1-3-10(18-5-8)12-7-20-15(25-12)11-4-2-9(6-19-11)14(17)22-24/h1-7,23-24H,(H2,16,21)(H2,17,22). The monoisotopic (exact) mass is 355 g/mol. The third-order valence-corrected chi connectivity index (χ3v) is 4.35. The molecular weight excluding hydrogens is 342 g/mol. The van der Waals surface area contributed by atoms with Crippen molar-refractivity contribution in [2.75, 3.05) is 0 Å². The molecule has 3 aromatic rings. The maximum absolute atomic E-state index is 8.66. The highest BCUT2D eigenvalue weighted by atomic mass is 32.1. The van der Waals surface area contributed by atoms with Gasteiger partial charge in [-0.3, -0.25) is 9.97 Å². The molecule has 0 amide bonds. The molecule has 10 heteroatoms. The van der Waals surface area contributed by atoms with E-state index in [0.717, 1.165) is 4.88 Å². The van der Waals surface area contributed by atoms with Crippen molar-refractivity contribution in [3.8, 4) is 21.3 Å². The van der Waals surface area contributed by atoms with Gasteiger partial charge in [-0.05, 0) is 24.3 Å². The summed E-state index contributed by atoms with van der Waals surface area (Å²) in [6.45, 7) is 0. The second-order valence-corrected chi connectivity index (χ2v) is 5.90. The molecule has 0 aromatic carbocycles. The van der Waals surface area contributed by atoms with Gasteiger partial charge in [0.15, 0.2) is 11.7 Å². The molecule has 0 radical (unpaired) electrons. The van der Waals surface area contributed by atoms with Gasteiger partial charge < -0.3 is 21.9 Å². The Labute approximate surface area is 146 Å². The first-order valence-corrected chi connectivity index (χ1v) is 7.78. The van der Waals surface area contributed by atoms with Crippen LogP contribution in [-0.4, -0.2) is 37.0 Å². The smallest absolute Gasteiger partial charge is 0.171 e. The van der Waals surface area contributed by atoms with Gasteiger partial charge in [0.05, 0.1) is 16.3 Å². The zero-order chi connectivity index (χ0) is 17.8. The van der Waals surface area contributed by atoms with E-state index in [4.69, 9.17) is 21.9 Å². The molecule has 0 spiro atoms. The predicted molar refractivity (Wildman–Crippen MR) is 93.6 cm³/mol. The summed E-state index contributed by atoms with van der Waals surface area (Å²) in [6.07, 6.45) is 4.73. The highest BCUT2D eigenvalue weighted by Crippen LogP contribution is 2.30. The van der Waals surface area contributed by atoms with Gasteiger partial charge in [-0.15, -0.1) is 11.3 Å². The molecule has 0 saturated heterocycles. The van der Waals surface area contributed by atoms with Crippen molar-refractivity contribution < 1.29 is 10.4 Å². The molecule has 3 rings (SSSR count). The van der Waals surface area contributed by atoms with Crippen molar-refractivity contribution >= 4 is 23.0 Å². The Morgan fingerprint density at radius 2 is 1.36 bits per heavy atom. The highest BCUT2D eigenvalue weighted by molar-refractivity contribution is 7.18. The van der Waals surface area contributed by atoms with Crippen LogP contribution in [0.5, 0.6) is 0 Å². The molecule has 3 aromatic heterocycles. The average molecular weight is 355 g/mol. The number of hydrogen-bond acceptors (Lipinski definition) is 8. The van der Waals surface area contributed by atoms with Crippen LogP contribution in [0.15, 0.2) is 53.2 Å². The molecule has 0 fully saturated rings. The third kappa shape index (κ3) is 3.38. The zero-order valence-corrected chi connectivity index (χ0v) is 13.6. The number of nitrogens with zero attached hydrogens (tertiary/aromatic N) is 5. The number of oxime groups is 2. The first kappa shape index (κ1) is 16.3. The number of rotatable bonds is 4. The molecule has 6 N–H and O–H groups in total. The Kier molecular flexibility index (Phi) is 4.53. The fourth-order valence-electron chi connectivity index (χ4n) is 1.99. The first-order valence-electron chi connectivity index (χ1n) is 6.97. The van der Waals surface area contributed by atoms with E-state index in [-0.39, 0.29) is 11.7 Å². The summed E-state index contributed by atoms with van der Waals surface area (Å²) < 4.78 is 0. The van der Waals surface area contributed by atoms with Crippen LogP contribution >= 0.6 is 11.3 Å². The fraction of sp³-hybridized carbons (Fsp3) is 0. The SMILES string of the molecule is N/C(=N\O)c1ccc(-c2cnc(-c3ccc(/C(N)=N\O)cn3)s2)nc1. The van der Waals surface area contributed by atoms with Crippen molar-refractivity contribution in [3.63, 3.8) is 0 Å². The second-order valence-electron chi connectivity index (χ2n) is 4.86. The van der Waals surface area contributed by atoms with Crippen LogP contribution in [0.2, 0.25) is 0 Å². The number of amidine groups is 2. The van der Waals surface area contributed by atoms with Crippen molar-refractivity contribution in [1.29, 1.82) is 0 Å². The lowest BCUT2D eigenvalue weighted by Gasteiger charge is -2.00. The Bertz CT molecular complexity index is 857. The zero-order valence-electron chi connectivity index (χ0n) is 12.7. The molecule has 0 atom stereocenters. The highest BCUT2D eigenvalue weighted by Gasteiger charge is 2.10. The minimum Gasteiger partial charge on any atom is -0.409 e. The summed E-state index contributed by atoms with van der Waals surface area (Å²) in [5, 5.41) is 23.9. The van der Waals surface area contributed by atoms with E-state index in [1.54, 1.807) is 30.5 Å². The summed E-state index contributed by atoms with van der Waals surface area (Å²) in [5.41, 5.74) is 13.4. The maximum Gasteiger partial charge on any atom is 0.171 e. The van der Waals surface area contributed by atoms with E-state index in [2.05, 4.69) is 25.3 Å². The minimum absolute atomic E-state index is 0.000903. The lowest BCUT2D eigenvalue weighted by molar-refractivity contribution is 0.318. The van der Waals surface area contributed by atoms with Gasteiger partial charge in [-0.2, -0.15) is 0 Å². The van der Waals surface area contributed by atoms with E-state index in [0.29, 0.717) is 27.5 Å². The van der Waals surface area contributed by atoms with E-state index < -0.39 is 0 Å². The molecule has 126 valence electrons. The number of nitrogens with two attached hydrogens (primary N) is 2. The van der Waals surface area contributed by atoms with Gasteiger partial charge >= 0.3 is 0 Å². The van der Waals surface area contributed by atoms with Crippen LogP contribution in [-0.2, 0) is 0 Å². The second kappa shape index (κ2) is 6.93. The van der Waals surface area contributed by atoms with Crippen molar-refractivity contribution in [2.24, 2.45) is 21.8 Å². The van der Waals surface area contributed by atoms with Gasteiger partial charge in [-0.25, -0.2) is 4.98 Å². The van der Waals surface area contributed by atoms with Crippen molar-refractivity contribution in [3.05, 3.63) is 54.0 Å². The minimum atomic E-state index is -0.00569. The molecule has 0 saturated carbocycles. The van der Waals surface area contributed by atoms with Crippen LogP contribution in [0.3, 0.4) is 0 Å². The van der Waals surface area contributed by atoms with Crippen LogP contribution in [0.4, 0.5) is 0 Å². The van der Waals surface area contributed by atoms with Crippen LogP contribution in [0, 0.1) is 0 Å².